The van der Waals surface area contributed by atoms with Crippen molar-refractivity contribution < 1.29 is 14.2 Å². The van der Waals surface area contributed by atoms with E-state index in [1.807, 2.05) is 0 Å². The van der Waals surface area contributed by atoms with Crippen molar-refractivity contribution in [2.75, 3.05) is 45.9 Å². The Hall–Kier alpha value is 0.230. The average Bonchev–Trinajstić information content (AvgIpc) is 2.27. The standard InChI is InChI=1S/C12H26O3S/c1-12(5-11-16)4-8-14-6-3-7-15-10-9-13-2/h12,16H,3-11H2,1-2H3. The highest BCUT2D eigenvalue weighted by Gasteiger charge is 2.00. The normalized spacial score (nSPS) is 12.9. The highest BCUT2D eigenvalue weighted by molar-refractivity contribution is 7.80. The van der Waals surface area contributed by atoms with Gasteiger partial charge in [-0.05, 0) is 30.9 Å². The molecule has 1 unspecified atom stereocenters. The van der Waals surface area contributed by atoms with Gasteiger partial charge in [0.25, 0.3) is 0 Å². The first-order valence-electron chi connectivity index (χ1n) is 6.06. The summed E-state index contributed by atoms with van der Waals surface area (Å²) >= 11 is 4.21. The van der Waals surface area contributed by atoms with Crippen LogP contribution < -0.4 is 0 Å². The molecule has 0 saturated carbocycles. The van der Waals surface area contributed by atoms with Crippen molar-refractivity contribution in [1.82, 2.24) is 0 Å². The van der Waals surface area contributed by atoms with Crippen molar-refractivity contribution in [3.05, 3.63) is 0 Å². The molecular weight excluding hydrogens is 224 g/mol. The molecule has 1 atom stereocenters. The zero-order valence-corrected chi connectivity index (χ0v) is 11.5. The minimum absolute atomic E-state index is 0.669. The zero-order valence-electron chi connectivity index (χ0n) is 10.6. The van der Waals surface area contributed by atoms with Crippen LogP contribution in [0.15, 0.2) is 0 Å². The number of ether oxygens (including phenoxy) is 3. The Labute approximate surface area is 105 Å². The molecule has 0 aromatic carbocycles. The molecule has 98 valence electrons. The monoisotopic (exact) mass is 250 g/mol. The maximum Gasteiger partial charge on any atom is 0.0700 e. The van der Waals surface area contributed by atoms with Crippen molar-refractivity contribution in [2.24, 2.45) is 5.92 Å². The summed E-state index contributed by atoms with van der Waals surface area (Å²) in [5.74, 6) is 1.68. The Morgan fingerprint density at radius 1 is 0.938 bits per heavy atom. The number of rotatable bonds is 12. The molecule has 0 heterocycles. The van der Waals surface area contributed by atoms with Gasteiger partial charge in [-0.15, -0.1) is 0 Å². The summed E-state index contributed by atoms with van der Waals surface area (Å²) in [6, 6.07) is 0. The van der Waals surface area contributed by atoms with Crippen LogP contribution in [0.2, 0.25) is 0 Å². The molecule has 0 amide bonds. The zero-order chi connectivity index (χ0) is 12.1. The molecule has 0 aliphatic carbocycles. The van der Waals surface area contributed by atoms with Gasteiger partial charge < -0.3 is 14.2 Å². The summed E-state index contributed by atoms with van der Waals surface area (Å²) in [5.41, 5.74) is 0. The molecule has 0 fully saturated rings. The van der Waals surface area contributed by atoms with Crippen LogP contribution in [-0.4, -0.2) is 45.9 Å². The van der Waals surface area contributed by atoms with E-state index in [1.54, 1.807) is 7.11 Å². The van der Waals surface area contributed by atoms with E-state index in [1.165, 1.54) is 6.42 Å². The van der Waals surface area contributed by atoms with Crippen LogP contribution in [0.4, 0.5) is 0 Å². The Bertz CT molecular complexity index is 133. The molecule has 0 spiro atoms. The Morgan fingerprint density at radius 3 is 2.25 bits per heavy atom. The third kappa shape index (κ3) is 12.3. The van der Waals surface area contributed by atoms with Gasteiger partial charge in [0.2, 0.25) is 0 Å². The summed E-state index contributed by atoms with van der Waals surface area (Å²) in [5, 5.41) is 0. The highest BCUT2D eigenvalue weighted by Crippen LogP contribution is 2.07. The summed E-state index contributed by atoms with van der Waals surface area (Å²) in [6.07, 6.45) is 3.27. The van der Waals surface area contributed by atoms with Crippen molar-refractivity contribution in [1.29, 1.82) is 0 Å². The van der Waals surface area contributed by atoms with E-state index in [2.05, 4.69) is 19.6 Å². The van der Waals surface area contributed by atoms with Gasteiger partial charge in [0.15, 0.2) is 0 Å². The average molecular weight is 250 g/mol. The highest BCUT2D eigenvalue weighted by atomic mass is 32.1. The Kier molecular flexibility index (Phi) is 13.5. The van der Waals surface area contributed by atoms with E-state index < -0.39 is 0 Å². The minimum atomic E-state index is 0.669. The molecule has 0 aromatic rings. The molecule has 16 heavy (non-hydrogen) atoms. The van der Waals surface area contributed by atoms with Gasteiger partial charge in [-0.25, -0.2) is 0 Å². The van der Waals surface area contributed by atoms with E-state index in [4.69, 9.17) is 14.2 Å². The Balaban J connectivity index is 2.98. The minimum Gasteiger partial charge on any atom is -0.382 e. The third-order valence-electron chi connectivity index (χ3n) is 2.39. The second-order valence-electron chi connectivity index (χ2n) is 3.98. The molecule has 3 nitrogen and oxygen atoms in total. The van der Waals surface area contributed by atoms with Crippen LogP contribution in [0.25, 0.3) is 0 Å². The maximum absolute atomic E-state index is 5.52. The van der Waals surface area contributed by atoms with Crippen LogP contribution >= 0.6 is 12.6 Å². The second-order valence-corrected chi connectivity index (χ2v) is 4.42. The van der Waals surface area contributed by atoms with Gasteiger partial charge in [0, 0.05) is 26.9 Å². The number of methoxy groups -OCH3 is 1. The molecule has 4 heteroatoms. The van der Waals surface area contributed by atoms with Gasteiger partial charge in [-0.1, -0.05) is 6.92 Å². The van der Waals surface area contributed by atoms with E-state index in [-0.39, 0.29) is 0 Å². The van der Waals surface area contributed by atoms with Gasteiger partial charge >= 0.3 is 0 Å². The first-order chi connectivity index (χ1) is 7.81. The smallest absolute Gasteiger partial charge is 0.0700 e. The van der Waals surface area contributed by atoms with Crippen molar-refractivity contribution in [3.63, 3.8) is 0 Å². The molecular formula is C12H26O3S. The molecule has 0 aliphatic heterocycles. The third-order valence-corrected chi connectivity index (χ3v) is 2.64. The van der Waals surface area contributed by atoms with Crippen LogP contribution in [0, 0.1) is 5.92 Å². The van der Waals surface area contributed by atoms with Crippen molar-refractivity contribution in [3.8, 4) is 0 Å². The lowest BCUT2D eigenvalue weighted by Crippen LogP contribution is -2.07. The molecule has 0 aliphatic rings. The molecule has 0 N–H and O–H groups in total. The summed E-state index contributed by atoms with van der Waals surface area (Å²) < 4.78 is 15.7. The topological polar surface area (TPSA) is 27.7 Å². The lowest BCUT2D eigenvalue weighted by Gasteiger charge is -2.10. The van der Waals surface area contributed by atoms with E-state index >= 15 is 0 Å². The molecule has 0 rings (SSSR count). The SMILES string of the molecule is COCCOCCCOCCC(C)CCS. The maximum atomic E-state index is 5.52. The predicted molar refractivity (Wildman–Crippen MR) is 70.4 cm³/mol. The first kappa shape index (κ1) is 16.2. The van der Waals surface area contributed by atoms with E-state index in [0.717, 1.165) is 44.3 Å². The molecule has 0 bridgehead atoms. The van der Waals surface area contributed by atoms with Crippen molar-refractivity contribution in [2.45, 2.75) is 26.2 Å². The van der Waals surface area contributed by atoms with Gasteiger partial charge in [-0.2, -0.15) is 12.6 Å². The lowest BCUT2D eigenvalue weighted by atomic mass is 10.1. The largest absolute Gasteiger partial charge is 0.382 e. The van der Waals surface area contributed by atoms with Gasteiger partial charge in [0.05, 0.1) is 13.2 Å². The quantitative estimate of drug-likeness (QED) is 0.426. The fourth-order valence-corrected chi connectivity index (χ4v) is 1.70. The van der Waals surface area contributed by atoms with Crippen LogP contribution in [-0.2, 0) is 14.2 Å². The van der Waals surface area contributed by atoms with Crippen LogP contribution in [0.5, 0.6) is 0 Å². The van der Waals surface area contributed by atoms with Crippen molar-refractivity contribution >= 4 is 12.6 Å². The summed E-state index contributed by atoms with van der Waals surface area (Å²) in [7, 11) is 1.68. The molecule has 0 radical (unpaired) electrons. The Morgan fingerprint density at radius 2 is 1.62 bits per heavy atom. The second kappa shape index (κ2) is 13.3. The molecule has 0 saturated heterocycles. The predicted octanol–water partition coefficient (Wildman–Crippen LogP) is 2.40. The van der Waals surface area contributed by atoms with E-state index in [0.29, 0.717) is 13.2 Å². The van der Waals surface area contributed by atoms with Crippen LogP contribution in [0.3, 0.4) is 0 Å². The number of hydrogen-bond acceptors (Lipinski definition) is 4. The first-order valence-corrected chi connectivity index (χ1v) is 6.69. The lowest BCUT2D eigenvalue weighted by molar-refractivity contribution is 0.0495. The summed E-state index contributed by atoms with van der Waals surface area (Å²) in [4.78, 5) is 0. The number of thiol groups is 1. The van der Waals surface area contributed by atoms with Gasteiger partial charge in [-0.3, -0.25) is 0 Å². The fraction of sp³-hybridized carbons (Fsp3) is 1.00. The van der Waals surface area contributed by atoms with Crippen LogP contribution in [0.1, 0.15) is 26.2 Å². The molecule has 0 aromatic heterocycles. The summed E-state index contributed by atoms with van der Waals surface area (Å²) in [6.45, 7) is 5.99. The number of hydrogen-bond donors (Lipinski definition) is 1. The van der Waals surface area contributed by atoms with Gasteiger partial charge in [0.1, 0.15) is 0 Å². The van der Waals surface area contributed by atoms with E-state index in [9.17, 15) is 0 Å². The fourth-order valence-electron chi connectivity index (χ4n) is 1.26.